The van der Waals surface area contributed by atoms with E-state index in [2.05, 4.69) is 37.8 Å². The number of ether oxygens (including phenoxy) is 1. The van der Waals surface area contributed by atoms with E-state index in [4.69, 9.17) is 4.74 Å². The van der Waals surface area contributed by atoms with E-state index in [1.807, 2.05) is 0 Å². The molecule has 0 radical (unpaired) electrons. The van der Waals surface area contributed by atoms with Crippen LogP contribution in [0.3, 0.4) is 0 Å². The maximum atomic E-state index is 5.47. The molecule has 22 heavy (non-hydrogen) atoms. The van der Waals surface area contributed by atoms with Crippen LogP contribution in [0.25, 0.3) is 0 Å². The molecular weight excluding hydrogens is 268 g/mol. The molecule has 0 aromatic heterocycles. The molecule has 3 aliphatic carbocycles. The van der Waals surface area contributed by atoms with Crippen LogP contribution in [0.5, 0.6) is 0 Å². The van der Waals surface area contributed by atoms with Gasteiger partial charge in [-0.1, -0.05) is 30.9 Å². The highest BCUT2D eigenvalue weighted by Crippen LogP contribution is 2.51. The number of hydrogen-bond donors (Lipinski definition) is 0. The molecule has 4 atom stereocenters. The third-order valence-corrected chi connectivity index (χ3v) is 6.54. The Hall–Kier alpha value is -1.24. The monoisotopic (exact) mass is 296 g/mol. The van der Waals surface area contributed by atoms with Crippen molar-refractivity contribution in [3.63, 3.8) is 0 Å². The largest absolute Gasteiger partial charge is 0.497 e. The van der Waals surface area contributed by atoms with Crippen molar-refractivity contribution in [3.05, 3.63) is 47.8 Å². The second kappa shape index (κ2) is 5.44. The van der Waals surface area contributed by atoms with Crippen LogP contribution in [0.15, 0.2) is 47.8 Å². The third-order valence-electron chi connectivity index (χ3n) is 6.54. The van der Waals surface area contributed by atoms with Crippen molar-refractivity contribution in [2.75, 3.05) is 6.61 Å². The Morgan fingerprint density at radius 1 is 1.23 bits per heavy atom. The summed E-state index contributed by atoms with van der Waals surface area (Å²) in [6, 6.07) is 0. The summed E-state index contributed by atoms with van der Waals surface area (Å²) in [7, 11) is 0. The second-order valence-corrected chi connectivity index (χ2v) is 7.95. The molecule has 0 saturated carbocycles. The van der Waals surface area contributed by atoms with Crippen molar-refractivity contribution in [1.82, 2.24) is 0 Å². The smallest absolute Gasteiger partial charge is 0.100 e. The topological polar surface area (TPSA) is 9.23 Å². The fraction of sp³-hybridized carbons (Fsp3) is 0.619. The summed E-state index contributed by atoms with van der Waals surface area (Å²) in [5, 5.41) is 0. The zero-order chi connectivity index (χ0) is 15.2. The molecule has 4 unspecified atom stereocenters. The highest BCUT2D eigenvalue weighted by molar-refractivity contribution is 5.40. The van der Waals surface area contributed by atoms with E-state index >= 15 is 0 Å². The quantitative estimate of drug-likeness (QED) is 0.662. The second-order valence-electron chi connectivity index (χ2n) is 7.95. The molecule has 118 valence electrons. The summed E-state index contributed by atoms with van der Waals surface area (Å²) >= 11 is 0. The van der Waals surface area contributed by atoms with Gasteiger partial charge in [-0.25, -0.2) is 0 Å². The molecule has 1 nitrogen and oxygen atoms in total. The molecule has 0 amide bonds. The Morgan fingerprint density at radius 3 is 2.86 bits per heavy atom. The third kappa shape index (κ3) is 2.30. The summed E-state index contributed by atoms with van der Waals surface area (Å²) in [6.45, 7) is 7.29. The summed E-state index contributed by atoms with van der Waals surface area (Å²) in [5.41, 5.74) is 3.49. The van der Waals surface area contributed by atoms with Crippen molar-refractivity contribution in [1.29, 1.82) is 0 Å². The molecule has 0 aromatic rings. The Labute approximate surface area is 134 Å². The molecule has 4 aliphatic rings. The lowest BCUT2D eigenvalue weighted by Crippen LogP contribution is -2.39. The van der Waals surface area contributed by atoms with Crippen LogP contribution in [0.2, 0.25) is 0 Å². The first-order chi connectivity index (χ1) is 10.7. The molecule has 1 saturated heterocycles. The minimum atomic E-state index is 0.240. The van der Waals surface area contributed by atoms with E-state index in [9.17, 15) is 0 Å². The molecule has 1 heterocycles. The van der Waals surface area contributed by atoms with Gasteiger partial charge in [0.05, 0.1) is 11.2 Å². The van der Waals surface area contributed by atoms with Gasteiger partial charge in [0.2, 0.25) is 0 Å². The summed E-state index contributed by atoms with van der Waals surface area (Å²) in [4.78, 5) is 0. The predicted octanol–water partition coefficient (Wildman–Crippen LogP) is 5.57. The van der Waals surface area contributed by atoms with Crippen LogP contribution in [0, 0.1) is 23.2 Å². The summed E-state index contributed by atoms with van der Waals surface area (Å²) in [5.74, 6) is 3.46. The van der Waals surface area contributed by atoms with E-state index in [1.54, 1.807) is 11.1 Å². The number of allylic oxidation sites excluding steroid dienone is 6. The molecule has 0 spiro atoms. The number of hydrogen-bond acceptors (Lipinski definition) is 1. The molecule has 1 heteroatoms. The van der Waals surface area contributed by atoms with Gasteiger partial charge in [-0.2, -0.15) is 0 Å². The molecular formula is C21H28O. The average Bonchev–Trinajstić information content (AvgIpc) is 2.57. The summed E-state index contributed by atoms with van der Waals surface area (Å²) in [6.07, 6.45) is 19.0. The van der Waals surface area contributed by atoms with E-state index in [0.717, 1.165) is 30.1 Å². The van der Waals surface area contributed by atoms with Crippen LogP contribution in [0.1, 0.15) is 51.9 Å². The first-order valence-electron chi connectivity index (χ1n) is 9.08. The Balaban J connectivity index is 1.57. The normalized spacial score (nSPS) is 39.9. The lowest BCUT2D eigenvalue weighted by Gasteiger charge is -2.46. The van der Waals surface area contributed by atoms with Crippen molar-refractivity contribution < 1.29 is 4.74 Å². The van der Waals surface area contributed by atoms with E-state index in [0.29, 0.717) is 0 Å². The average molecular weight is 296 g/mol. The minimum absolute atomic E-state index is 0.240. The first-order valence-corrected chi connectivity index (χ1v) is 9.08. The predicted molar refractivity (Wildman–Crippen MR) is 91.3 cm³/mol. The molecule has 1 aliphatic heterocycles. The molecule has 0 N–H and O–H groups in total. The Bertz CT molecular complexity index is 564. The number of rotatable bonds is 3. The standard InChI is InChI=1S/C21H28O/c1-15-21(2,14-22-15)12-11-20-18-9-5-3-7-16(18)13-17-8-4-6-10-19(17)20/h3,7-8,13,18-20H,1,4-6,9-12,14H2,2H3. The zero-order valence-corrected chi connectivity index (χ0v) is 13.8. The molecule has 1 fully saturated rings. The van der Waals surface area contributed by atoms with Gasteiger partial charge in [0.25, 0.3) is 0 Å². The molecule has 4 rings (SSSR count). The summed E-state index contributed by atoms with van der Waals surface area (Å²) < 4.78 is 5.47. The first kappa shape index (κ1) is 14.4. The Morgan fingerprint density at radius 2 is 2.09 bits per heavy atom. The van der Waals surface area contributed by atoms with E-state index in [-0.39, 0.29) is 5.41 Å². The van der Waals surface area contributed by atoms with Gasteiger partial charge in [-0.05, 0) is 80.8 Å². The van der Waals surface area contributed by atoms with Gasteiger partial charge in [0, 0.05) is 0 Å². The lowest BCUT2D eigenvalue weighted by atomic mass is 9.61. The highest BCUT2D eigenvalue weighted by Gasteiger charge is 2.42. The highest BCUT2D eigenvalue weighted by atomic mass is 16.5. The van der Waals surface area contributed by atoms with Crippen molar-refractivity contribution in [2.24, 2.45) is 23.2 Å². The van der Waals surface area contributed by atoms with Crippen LogP contribution in [-0.2, 0) is 4.74 Å². The minimum Gasteiger partial charge on any atom is -0.497 e. The van der Waals surface area contributed by atoms with Crippen molar-refractivity contribution in [3.8, 4) is 0 Å². The van der Waals surface area contributed by atoms with Crippen LogP contribution in [0.4, 0.5) is 0 Å². The maximum Gasteiger partial charge on any atom is 0.100 e. The van der Waals surface area contributed by atoms with Crippen LogP contribution in [-0.4, -0.2) is 6.61 Å². The van der Waals surface area contributed by atoms with Gasteiger partial charge in [0.15, 0.2) is 0 Å². The molecule has 0 bridgehead atoms. The van der Waals surface area contributed by atoms with E-state index < -0.39 is 0 Å². The zero-order valence-electron chi connectivity index (χ0n) is 13.8. The van der Waals surface area contributed by atoms with Gasteiger partial charge in [0.1, 0.15) is 6.61 Å². The van der Waals surface area contributed by atoms with E-state index in [1.165, 1.54) is 44.9 Å². The fourth-order valence-corrected chi connectivity index (χ4v) is 4.95. The van der Waals surface area contributed by atoms with Crippen molar-refractivity contribution >= 4 is 0 Å². The fourth-order valence-electron chi connectivity index (χ4n) is 4.95. The lowest BCUT2D eigenvalue weighted by molar-refractivity contribution is -0.0333. The van der Waals surface area contributed by atoms with Crippen LogP contribution >= 0.6 is 0 Å². The van der Waals surface area contributed by atoms with Gasteiger partial charge in [-0.3, -0.25) is 0 Å². The van der Waals surface area contributed by atoms with Crippen molar-refractivity contribution in [2.45, 2.75) is 51.9 Å². The van der Waals surface area contributed by atoms with Gasteiger partial charge < -0.3 is 4.74 Å². The molecule has 0 aromatic carbocycles. The van der Waals surface area contributed by atoms with Crippen LogP contribution < -0.4 is 0 Å². The Kier molecular flexibility index (Phi) is 3.55. The van der Waals surface area contributed by atoms with Gasteiger partial charge >= 0.3 is 0 Å². The maximum absolute atomic E-state index is 5.47. The number of fused-ring (bicyclic) bond motifs is 2. The van der Waals surface area contributed by atoms with Gasteiger partial charge in [-0.15, -0.1) is 0 Å². The SMILES string of the molecule is C=C1OCC1(C)CCC1C2CCC=CC2=CC2=CCCCC21.